The average Bonchev–Trinajstić information content (AvgIpc) is 2.62. The van der Waals surface area contributed by atoms with Gasteiger partial charge in [0.05, 0.1) is 16.7 Å². The second-order valence-corrected chi connectivity index (χ2v) is 8.65. The molecule has 2 atom stereocenters. The van der Waals surface area contributed by atoms with E-state index in [9.17, 15) is 18.5 Å². The quantitative estimate of drug-likeness (QED) is 0.587. The molecule has 26 heavy (non-hydrogen) atoms. The molecule has 1 aliphatic heterocycles. The van der Waals surface area contributed by atoms with E-state index in [0.29, 0.717) is 17.7 Å². The Hall–Kier alpha value is -2.25. The Bertz CT molecular complexity index is 883. The lowest BCUT2D eigenvalue weighted by Crippen LogP contribution is -2.42. The molecule has 1 saturated heterocycles. The Morgan fingerprint density at radius 3 is 2.46 bits per heavy atom. The number of nitro groups is 1. The summed E-state index contributed by atoms with van der Waals surface area (Å²) < 4.78 is 27.7. The minimum Gasteiger partial charge on any atom is -0.258 e. The first-order chi connectivity index (χ1) is 12.4. The van der Waals surface area contributed by atoms with E-state index >= 15 is 0 Å². The lowest BCUT2D eigenvalue weighted by molar-refractivity contribution is -0.386. The summed E-state index contributed by atoms with van der Waals surface area (Å²) in [6, 6.07) is 15.0. The summed E-state index contributed by atoms with van der Waals surface area (Å²) in [5.74, 6) is -0.0899. The van der Waals surface area contributed by atoms with Gasteiger partial charge in [-0.05, 0) is 24.3 Å². The maximum Gasteiger partial charge on any atom is 0.274 e. The molecule has 2 unspecified atom stereocenters. The molecule has 7 heteroatoms. The van der Waals surface area contributed by atoms with Gasteiger partial charge in [-0.15, -0.1) is 0 Å². The van der Waals surface area contributed by atoms with Crippen LogP contribution >= 0.6 is 0 Å². The minimum atomic E-state index is -3.60. The molecule has 2 aromatic rings. The summed E-state index contributed by atoms with van der Waals surface area (Å²) in [7, 11) is -3.60. The van der Waals surface area contributed by atoms with Crippen LogP contribution in [0.3, 0.4) is 0 Å². The molecule has 0 radical (unpaired) electrons. The normalized spacial score (nSPS) is 21.4. The van der Waals surface area contributed by atoms with E-state index in [1.54, 1.807) is 30.3 Å². The number of nitro benzene ring substituents is 1. The van der Waals surface area contributed by atoms with E-state index in [-0.39, 0.29) is 17.4 Å². The predicted molar refractivity (Wildman–Crippen MR) is 100 cm³/mol. The van der Waals surface area contributed by atoms with E-state index < -0.39 is 21.0 Å². The second kappa shape index (κ2) is 7.55. The zero-order valence-corrected chi connectivity index (χ0v) is 15.4. The van der Waals surface area contributed by atoms with Gasteiger partial charge in [0.25, 0.3) is 5.69 Å². The molecule has 1 fully saturated rings. The molecular formula is C19H22N2O4S. The van der Waals surface area contributed by atoms with Gasteiger partial charge in [0.15, 0.2) is 0 Å². The van der Waals surface area contributed by atoms with Crippen LogP contribution in [0.5, 0.6) is 0 Å². The third kappa shape index (κ3) is 3.78. The van der Waals surface area contributed by atoms with E-state index in [0.717, 1.165) is 12.8 Å². The van der Waals surface area contributed by atoms with Crippen molar-refractivity contribution in [1.82, 2.24) is 4.31 Å². The van der Waals surface area contributed by atoms with Crippen molar-refractivity contribution in [3.8, 4) is 0 Å². The van der Waals surface area contributed by atoms with E-state index in [4.69, 9.17) is 0 Å². The number of hydrogen-bond donors (Lipinski definition) is 0. The van der Waals surface area contributed by atoms with Crippen LogP contribution in [0, 0.1) is 16.0 Å². The van der Waals surface area contributed by atoms with Crippen LogP contribution in [0.1, 0.15) is 36.9 Å². The van der Waals surface area contributed by atoms with Crippen LogP contribution in [0.4, 0.5) is 5.69 Å². The fourth-order valence-electron chi connectivity index (χ4n) is 3.70. The van der Waals surface area contributed by atoms with Crippen molar-refractivity contribution in [1.29, 1.82) is 0 Å². The summed E-state index contributed by atoms with van der Waals surface area (Å²) in [6.07, 6.45) is 1.60. The molecule has 0 N–H and O–H groups in total. The van der Waals surface area contributed by atoms with E-state index in [1.807, 2.05) is 25.1 Å². The van der Waals surface area contributed by atoms with Gasteiger partial charge in [-0.3, -0.25) is 10.1 Å². The van der Waals surface area contributed by atoms with Crippen LogP contribution < -0.4 is 0 Å². The highest BCUT2D eigenvalue weighted by Gasteiger charge is 2.40. The minimum absolute atomic E-state index is 0.00963. The topological polar surface area (TPSA) is 80.5 Å². The molecule has 1 aliphatic rings. The van der Waals surface area contributed by atoms with Crippen LogP contribution in [-0.2, 0) is 15.8 Å². The fraction of sp³-hybridized carbons (Fsp3) is 0.368. The number of sulfonamides is 1. The monoisotopic (exact) mass is 374 g/mol. The van der Waals surface area contributed by atoms with Gasteiger partial charge in [-0.2, -0.15) is 4.31 Å². The van der Waals surface area contributed by atoms with Crippen molar-refractivity contribution in [2.45, 2.75) is 31.6 Å². The highest BCUT2D eigenvalue weighted by Crippen LogP contribution is 2.41. The largest absolute Gasteiger partial charge is 0.274 e. The third-order valence-corrected chi connectivity index (χ3v) is 6.71. The molecule has 6 nitrogen and oxygen atoms in total. The molecule has 138 valence electrons. The van der Waals surface area contributed by atoms with Gasteiger partial charge < -0.3 is 0 Å². The molecular weight excluding hydrogens is 352 g/mol. The zero-order chi connectivity index (χ0) is 18.7. The highest BCUT2D eigenvalue weighted by molar-refractivity contribution is 7.88. The highest BCUT2D eigenvalue weighted by atomic mass is 32.2. The van der Waals surface area contributed by atoms with Crippen molar-refractivity contribution in [2.75, 3.05) is 6.54 Å². The molecule has 0 aliphatic carbocycles. The summed E-state index contributed by atoms with van der Waals surface area (Å²) in [6.45, 7) is 2.35. The number of para-hydroxylation sites is 1. The van der Waals surface area contributed by atoms with Gasteiger partial charge in [0.2, 0.25) is 10.0 Å². The number of piperidine rings is 1. The first kappa shape index (κ1) is 18.5. The Morgan fingerprint density at radius 1 is 1.12 bits per heavy atom. The van der Waals surface area contributed by atoms with Crippen LogP contribution in [0.25, 0.3) is 0 Å². The Kier molecular flexibility index (Phi) is 5.38. The van der Waals surface area contributed by atoms with Crippen molar-refractivity contribution in [2.24, 2.45) is 5.92 Å². The summed E-state index contributed by atoms with van der Waals surface area (Å²) in [5.41, 5.74) is 1.17. The number of benzene rings is 2. The van der Waals surface area contributed by atoms with E-state index in [1.165, 1.54) is 10.4 Å². The second-order valence-electron chi connectivity index (χ2n) is 6.73. The molecule has 0 aromatic heterocycles. The summed E-state index contributed by atoms with van der Waals surface area (Å²) >= 11 is 0. The van der Waals surface area contributed by atoms with Gasteiger partial charge in [-0.25, -0.2) is 8.42 Å². The van der Waals surface area contributed by atoms with Crippen LogP contribution in [-0.4, -0.2) is 24.2 Å². The van der Waals surface area contributed by atoms with Crippen LogP contribution in [0.15, 0.2) is 54.6 Å². The smallest absolute Gasteiger partial charge is 0.258 e. The number of nitrogens with zero attached hydrogens (tertiary/aromatic N) is 2. The van der Waals surface area contributed by atoms with Crippen molar-refractivity contribution < 1.29 is 13.3 Å². The SMILES string of the molecule is CC1CCCN(S(=O)(=O)Cc2ccccc2)C1c1ccccc1[N+](=O)[O-]. The first-order valence-electron chi connectivity index (χ1n) is 8.67. The summed E-state index contributed by atoms with van der Waals surface area (Å²) in [5, 5.41) is 11.5. The molecule has 0 saturated carbocycles. The summed E-state index contributed by atoms with van der Waals surface area (Å²) in [4.78, 5) is 11.0. The lowest BCUT2D eigenvalue weighted by Gasteiger charge is -2.39. The van der Waals surface area contributed by atoms with Crippen LogP contribution in [0.2, 0.25) is 0 Å². The Labute approximate surface area is 153 Å². The maximum absolute atomic E-state index is 13.1. The predicted octanol–water partition coefficient (Wildman–Crippen LogP) is 3.90. The van der Waals surface area contributed by atoms with Gasteiger partial charge in [0, 0.05) is 18.2 Å². The number of hydrogen-bond acceptors (Lipinski definition) is 4. The third-order valence-electron chi connectivity index (χ3n) is 4.89. The zero-order valence-electron chi connectivity index (χ0n) is 14.6. The Balaban J connectivity index is 2.01. The Morgan fingerprint density at radius 2 is 1.77 bits per heavy atom. The van der Waals surface area contributed by atoms with Crippen molar-refractivity contribution in [3.63, 3.8) is 0 Å². The molecule has 0 bridgehead atoms. The molecule has 0 spiro atoms. The molecule has 2 aromatic carbocycles. The van der Waals surface area contributed by atoms with Crippen molar-refractivity contribution in [3.05, 3.63) is 75.8 Å². The van der Waals surface area contributed by atoms with Gasteiger partial charge in [-0.1, -0.05) is 55.5 Å². The lowest BCUT2D eigenvalue weighted by atomic mass is 9.87. The maximum atomic E-state index is 13.1. The fourth-order valence-corrected chi connectivity index (χ4v) is 5.55. The average molecular weight is 374 g/mol. The van der Waals surface area contributed by atoms with Gasteiger partial charge in [0.1, 0.15) is 0 Å². The first-order valence-corrected chi connectivity index (χ1v) is 10.3. The molecule has 0 amide bonds. The standard InChI is InChI=1S/C19H22N2O4S/c1-15-8-7-13-20(26(24,25)14-16-9-3-2-4-10-16)19(15)17-11-5-6-12-18(17)21(22)23/h2-6,9-12,15,19H,7-8,13-14H2,1H3. The molecule has 1 heterocycles. The van der Waals surface area contributed by atoms with E-state index in [2.05, 4.69) is 0 Å². The van der Waals surface area contributed by atoms with Gasteiger partial charge >= 0.3 is 0 Å². The number of rotatable bonds is 5. The van der Waals surface area contributed by atoms with Crippen molar-refractivity contribution >= 4 is 15.7 Å². The molecule has 3 rings (SSSR count).